The van der Waals surface area contributed by atoms with Crippen molar-refractivity contribution in [2.24, 2.45) is 5.92 Å². The molecular weight excluding hydrogens is 213 g/mol. The van der Waals surface area contributed by atoms with E-state index in [1.807, 2.05) is 6.07 Å². The van der Waals surface area contributed by atoms with Gasteiger partial charge in [-0.3, -0.25) is 0 Å². The van der Waals surface area contributed by atoms with Crippen LogP contribution >= 0.6 is 0 Å². The van der Waals surface area contributed by atoms with Crippen molar-refractivity contribution in [1.82, 2.24) is 5.32 Å². The van der Waals surface area contributed by atoms with Gasteiger partial charge in [0.25, 0.3) is 0 Å². The van der Waals surface area contributed by atoms with Gasteiger partial charge >= 0.3 is 0 Å². The number of halogens is 1. The zero-order chi connectivity index (χ0) is 12.3. The molecule has 1 aliphatic rings. The highest BCUT2D eigenvalue weighted by atomic mass is 19.1. The highest BCUT2D eigenvalue weighted by Crippen LogP contribution is 2.38. The van der Waals surface area contributed by atoms with Crippen LogP contribution in [0.15, 0.2) is 18.2 Å². The molecular formula is C15H22FN. The summed E-state index contributed by atoms with van der Waals surface area (Å²) in [4.78, 5) is 0. The number of nitrogens with one attached hydrogen (secondary N) is 1. The molecule has 17 heavy (non-hydrogen) atoms. The maximum atomic E-state index is 13.4. The standard InChI is InChI=1S/C15H22FN/c1-3-9-17-15(12-5-4-6-12)14-10-13(16)8-7-11(14)2/h7-8,10,12,15,17H,3-6,9H2,1-2H3. The number of hydrogen-bond donors (Lipinski definition) is 1. The highest BCUT2D eigenvalue weighted by molar-refractivity contribution is 5.30. The minimum atomic E-state index is -0.117. The molecule has 1 unspecified atom stereocenters. The first-order valence-corrected chi connectivity index (χ1v) is 6.71. The van der Waals surface area contributed by atoms with Crippen LogP contribution < -0.4 is 5.32 Å². The van der Waals surface area contributed by atoms with E-state index >= 15 is 0 Å². The Morgan fingerprint density at radius 1 is 1.41 bits per heavy atom. The van der Waals surface area contributed by atoms with E-state index < -0.39 is 0 Å². The van der Waals surface area contributed by atoms with Gasteiger partial charge in [-0.05, 0) is 61.9 Å². The molecule has 1 N–H and O–H groups in total. The average molecular weight is 235 g/mol. The van der Waals surface area contributed by atoms with Crippen LogP contribution in [-0.2, 0) is 0 Å². The number of aryl methyl sites for hydroxylation is 1. The average Bonchev–Trinajstić information content (AvgIpc) is 2.25. The molecule has 1 aliphatic carbocycles. The van der Waals surface area contributed by atoms with Crippen molar-refractivity contribution in [2.45, 2.75) is 45.6 Å². The molecule has 1 aromatic rings. The summed E-state index contributed by atoms with van der Waals surface area (Å²) in [5.41, 5.74) is 2.36. The van der Waals surface area contributed by atoms with Crippen LogP contribution in [0.3, 0.4) is 0 Å². The van der Waals surface area contributed by atoms with Gasteiger partial charge in [-0.1, -0.05) is 19.4 Å². The second-order valence-electron chi connectivity index (χ2n) is 5.12. The van der Waals surface area contributed by atoms with Gasteiger partial charge in [-0.15, -0.1) is 0 Å². The predicted molar refractivity (Wildman–Crippen MR) is 69.5 cm³/mol. The Bertz CT molecular complexity index is 371. The lowest BCUT2D eigenvalue weighted by atomic mass is 9.76. The largest absolute Gasteiger partial charge is 0.310 e. The fourth-order valence-corrected chi connectivity index (χ4v) is 2.55. The molecule has 0 aliphatic heterocycles. The highest BCUT2D eigenvalue weighted by Gasteiger charge is 2.28. The molecule has 2 rings (SSSR count). The van der Waals surface area contributed by atoms with E-state index in [4.69, 9.17) is 0 Å². The molecule has 0 amide bonds. The predicted octanol–water partition coefficient (Wildman–Crippen LogP) is 3.97. The third-order valence-electron chi connectivity index (χ3n) is 3.81. The molecule has 94 valence electrons. The summed E-state index contributed by atoms with van der Waals surface area (Å²) in [7, 11) is 0. The van der Waals surface area contributed by atoms with Crippen molar-refractivity contribution in [3.8, 4) is 0 Å². The number of hydrogen-bond acceptors (Lipinski definition) is 1. The van der Waals surface area contributed by atoms with E-state index in [2.05, 4.69) is 19.2 Å². The third kappa shape index (κ3) is 2.86. The van der Waals surface area contributed by atoms with Crippen LogP contribution in [0.2, 0.25) is 0 Å². The van der Waals surface area contributed by atoms with Crippen molar-refractivity contribution in [3.05, 3.63) is 35.1 Å². The molecule has 1 fully saturated rings. The Kier molecular flexibility index (Phi) is 4.16. The van der Waals surface area contributed by atoms with Crippen molar-refractivity contribution in [2.75, 3.05) is 6.54 Å². The smallest absolute Gasteiger partial charge is 0.123 e. The van der Waals surface area contributed by atoms with Crippen molar-refractivity contribution in [3.63, 3.8) is 0 Å². The van der Waals surface area contributed by atoms with Crippen LogP contribution in [0, 0.1) is 18.7 Å². The minimum absolute atomic E-state index is 0.117. The Morgan fingerprint density at radius 2 is 2.18 bits per heavy atom. The lowest BCUT2D eigenvalue weighted by Gasteiger charge is -2.35. The minimum Gasteiger partial charge on any atom is -0.310 e. The van der Waals surface area contributed by atoms with E-state index in [9.17, 15) is 4.39 Å². The van der Waals surface area contributed by atoms with Gasteiger partial charge in [0.15, 0.2) is 0 Å². The van der Waals surface area contributed by atoms with Crippen molar-refractivity contribution >= 4 is 0 Å². The van der Waals surface area contributed by atoms with E-state index in [0.717, 1.165) is 18.5 Å². The Labute approximate surface area is 103 Å². The normalized spacial score (nSPS) is 17.8. The van der Waals surface area contributed by atoms with Crippen LogP contribution in [0.4, 0.5) is 4.39 Å². The summed E-state index contributed by atoms with van der Waals surface area (Å²) >= 11 is 0. The van der Waals surface area contributed by atoms with Gasteiger partial charge < -0.3 is 5.32 Å². The molecule has 1 aromatic carbocycles. The number of benzene rings is 1. The zero-order valence-corrected chi connectivity index (χ0v) is 10.8. The molecule has 2 heteroatoms. The maximum absolute atomic E-state index is 13.4. The zero-order valence-electron chi connectivity index (χ0n) is 10.8. The van der Waals surface area contributed by atoms with E-state index in [1.165, 1.54) is 24.8 Å². The molecule has 1 atom stereocenters. The molecule has 0 saturated heterocycles. The lowest BCUT2D eigenvalue weighted by molar-refractivity contribution is 0.230. The quantitative estimate of drug-likeness (QED) is 0.814. The van der Waals surface area contributed by atoms with Gasteiger partial charge in [0, 0.05) is 6.04 Å². The molecule has 0 aromatic heterocycles. The van der Waals surface area contributed by atoms with Gasteiger partial charge in [0.05, 0.1) is 0 Å². The van der Waals surface area contributed by atoms with Gasteiger partial charge in [-0.25, -0.2) is 4.39 Å². The first kappa shape index (κ1) is 12.6. The van der Waals surface area contributed by atoms with Gasteiger partial charge in [0.1, 0.15) is 5.82 Å². The Hall–Kier alpha value is -0.890. The molecule has 0 radical (unpaired) electrons. The summed E-state index contributed by atoms with van der Waals surface area (Å²) in [5, 5.41) is 3.59. The summed E-state index contributed by atoms with van der Waals surface area (Å²) in [6.45, 7) is 5.26. The monoisotopic (exact) mass is 235 g/mol. The first-order valence-electron chi connectivity index (χ1n) is 6.71. The molecule has 0 heterocycles. The molecule has 0 spiro atoms. The topological polar surface area (TPSA) is 12.0 Å². The van der Waals surface area contributed by atoms with Crippen LogP contribution in [-0.4, -0.2) is 6.54 Å². The van der Waals surface area contributed by atoms with E-state index in [0.29, 0.717) is 12.0 Å². The number of rotatable bonds is 5. The van der Waals surface area contributed by atoms with Crippen molar-refractivity contribution < 1.29 is 4.39 Å². The Balaban J connectivity index is 2.20. The first-order chi connectivity index (χ1) is 8.22. The summed E-state index contributed by atoms with van der Waals surface area (Å²) < 4.78 is 13.4. The molecule has 1 saturated carbocycles. The van der Waals surface area contributed by atoms with E-state index in [1.54, 1.807) is 12.1 Å². The molecule has 1 nitrogen and oxygen atoms in total. The third-order valence-corrected chi connectivity index (χ3v) is 3.81. The van der Waals surface area contributed by atoms with Crippen LogP contribution in [0.5, 0.6) is 0 Å². The summed E-state index contributed by atoms with van der Waals surface area (Å²) in [5.74, 6) is 0.579. The second kappa shape index (κ2) is 5.63. The van der Waals surface area contributed by atoms with Crippen LogP contribution in [0.1, 0.15) is 49.8 Å². The lowest BCUT2D eigenvalue weighted by Crippen LogP contribution is -2.33. The SMILES string of the molecule is CCCNC(c1cc(F)ccc1C)C1CCC1. The Morgan fingerprint density at radius 3 is 2.76 bits per heavy atom. The van der Waals surface area contributed by atoms with E-state index in [-0.39, 0.29) is 5.82 Å². The maximum Gasteiger partial charge on any atom is 0.123 e. The van der Waals surface area contributed by atoms with Crippen molar-refractivity contribution in [1.29, 1.82) is 0 Å². The molecule has 0 bridgehead atoms. The van der Waals surface area contributed by atoms with Gasteiger partial charge in [-0.2, -0.15) is 0 Å². The summed E-state index contributed by atoms with van der Waals surface area (Å²) in [6, 6.07) is 5.50. The van der Waals surface area contributed by atoms with Crippen LogP contribution in [0.25, 0.3) is 0 Å². The fraction of sp³-hybridized carbons (Fsp3) is 0.600. The summed E-state index contributed by atoms with van der Waals surface area (Å²) in [6.07, 6.45) is 5.00. The second-order valence-corrected chi connectivity index (χ2v) is 5.12. The fourth-order valence-electron chi connectivity index (χ4n) is 2.55. The van der Waals surface area contributed by atoms with Gasteiger partial charge in [0.2, 0.25) is 0 Å².